The van der Waals surface area contributed by atoms with Gasteiger partial charge < -0.3 is 27.9 Å². The van der Waals surface area contributed by atoms with Crippen molar-refractivity contribution < 1.29 is 42.1 Å². The number of hydrogen-bond acceptors (Lipinski definition) is 8. The summed E-state index contributed by atoms with van der Waals surface area (Å²) in [4.78, 5) is 37.5. The number of unbranched alkanes of at least 4 members (excludes halogenated alkanes) is 22. The Morgan fingerprint density at radius 2 is 0.944 bits per heavy atom. The molecule has 10 heteroatoms. The molecule has 0 aromatic heterocycles. The molecule has 0 fully saturated rings. The summed E-state index contributed by atoms with van der Waals surface area (Å²) in [7, 11) is 1.15. The first-order chi connectivity index (χ1) is 26.0. The maximum Gasteiger partial charge on any atom is 0.306 e. The van der Waals surface area contributed by atoms with E-state index in [1.54, 1.807) is 0 Å². The van der Waals surface area contributed by atoms with Crippen molar-refractivity contribution in [1.82, 2.24) is 0 Å². The number of carbonyl (C=O) groups excluding carboxylic acids is 2. The van der Waals surface area contributed by atoms with E-state index in [0.29, 0.717) is 17.4 Å². The number of phosphoric ester groups is 1. The van der Waals surface area contributed by atoms with Crippen molar-refractivity contribution in [1.29, 1.82) is 0 Å². The fourth-order valence-electron chi connectivity index (χ4n) is 5.65. The zero-order valence-electron chi connectivity index (χ0n) is 35.4. The summed E-state index contributed by atoms with van der Waals surface area (Å²) in [5, 5.41) is 0. The molecule has 0 radical (unpaired) electrons. The molecule has 0 rings (SSSR count). The topological polar surface area (TPSA) is 111 Å². The third-order valence-corrected chi connectivity index (χ3v) is 9.99. The first kappa shape index (κ1) is 52.1. The Hall–Kier alpha value is -1.87. The van der Waals surface area contributed by atoms with Crippen molar-refractivity contribution in [2.45, 2.75) is 200 Å². The molecule has 0 aliphatic heterocycles. The van der Waals surface area contributed by atoms with Gasteiger partial charge in [0.05, 0.1) is 27.7 Å². The van der Waals surface area contributed by atoms with Crippen LogP contribution in [0.15, 0.2) is 0 Å². The lowest BCUT2D eigenvalue weighted by Gasteiger charge is -2.28. The van der Waals surface area contributed by atoms with E-state index in [1.807, 2.05) is 21.1 Å². The van der Waals surface area contributed by atoms with Crippen LogP contribution in [0.5, 0.6) is 0 Å². The summed E-state index contributed by atoms with van der Waals surface area (Å²) in [6.07, 6.45) is 28.4. The molecular weight excluding hydrogens is 701 g/mol. The number of rotatable bonds is 36. The average molecular weight is 782 g/mol. The minimum atomic E-state index is -4.63. The van der Waals surface area contributed by atoms with Gasteiger partial charge in [0.1, 0.15) is 19.8 Å². The molecule has 54 heavy (non-hydrogen) atoms. The molecule has 0 N–H and O–H groups in total. The number of likely N-dealkylation sites (N-methyl/N-ethyl adjacent to an activating group) is 1. The molecule has 0 aromatic carbocycles. The Bertz CT molecular complexity index is 1080. The fourth-order valence-corrected chi connectivity index (χ4v) is 6.38. The van der Waals surface area contributed by atoms with E-state index in [1.165, 1.54) is 77.0 Å². The number of hydrogen-bond donors (Lipinski definition) is 0. The van der Waals surface area contributed by atoms with Gasteiger partial charge in [-0.05, 0) is 38.5 Å². The lowest BCUT2D eigenvalue weighted by atomic mass is 10.1. The molecule has 0 aliphatic carbocycles. The van der Waals surface area contributed by atoms with Gasteiger partial charge in [-0.2, -0.15) is 0 Å². The highest BCUT2D eigenvalue weighted by atomic mass is 31.2. The Kier molecular flexibility index (Phi) is 35.5. The number of carbonyl (C=O) groups is 2. The Morgan fingerprint density at radius 1 is 0.556 bits per heavy atom. The second kappa shape index (κ2) is 36.7. The van der Waals surface area contributed by atoms with Crippen LogP contribution in [-0.2, 0) is 32.7 Å². The molecule has 314 valence electrons. The van der Waals surface area contributed by atoms with Crippen LogP contribution < -0.4 is 4.89 Å². The maximum atomic E-state index is 12.7. The van der Waals surface area contributed by atoms with Gasteiger partial charge in [0.25, 0.3) is 7.82 Å². The highest BCUT2D eigenvalue weighted by Gasteiger charge is 2.21. The highest BCUT2D eigenvalue weighted by Crippen LogP contribution is 2.38. The summed E-state index contributed by atoms with van der Waals surface area (Å²) in [5.74, 6) is 12.1. The van der Waals surface area contributed by atoms with Crippen LogP contribution in [0.2, 0.25) is 0 Å². The SMILES string of the molecule is CCCC#CCCCCCCCCCCCCC(=O)OC[C@H](COP(=O)([O-])OCC[N+](C)(C)C)OC(=O)CCCCCCCCCCCCC#CCCC. The molecule has 0 bridgehead atoms. The van der Waals surface area contributed by atoms with Gasteiger partial charge in [0.2, 0.25) is 0 Å². The normalized spacial score (nSPS) is 12.9. The summed E-state index contributed by atoms with van der Waals surface area (Å²) < 4.78 is 33.9. The Labute approximate surface area is 332 Å². The minimum Gasteiger partial charge on any atom is -0.756 e. The zero-order chi connectivity index (χ0) is 40.0. The third kappa shape index (κ3) is 39.8. The zero-order valence-corrected chi connectivity index (χ0v) is 36.3. The van der Waals surface area contributed by atoms with Crippen LogP contribution in [0.3, 0.4) is 0 Å². The Balaban J connectivity index is 4.34. The lowest BCUT2D eigenvalue weighted by Crippen LogP contribution is -2.37. The molecule has 0 amide bonds. The number of ether oxygens (including phenoxy) is 2. The van der Waals surface area contributed by atoms with Crippen molar-refractivity contribution in [3.05, 3.63) is 0 Å². The van der Waals surface area contributed by atoms with E-state index < -0.39 is 32.5 Å². The average Bonchev–Trinajstić information content (AvgIpc) is 3.12. The number of phosphoric acid groups is 1. The molecule has 0 aliphatic rings. The molecule has 0 saturated carbocycles. The summed E-state index contributed by atoms with van der Waals surface area (Å²) in [6.45, 7) is 4.02. The largest absolute Gasteiger partial charge is 0.756 e. The first-order valence-electron chi connectivity index (χ1n) is 21.7. The molecule has 0 saturated heterocycles. The van der Waals surface area contributed by atoms with Crippen molar-refractivity contribution in [3.8, 4) is 23.7 Å². The predicted octanol–water partition coefficient (Wildman–Crippen LogP) is 10.6. The monoisotopic (exact) mass is 782 g/mol. The summed E-state index contributed by atoms with van der Waals surface area (Å²) in [5.41, 5.74) is 0. The molecule has 1 unspecified atom stereocenters. The third-order valence-electron chi connectivity index (χ3n) is 9.02. The molecule has 0 heterocycles. The highest BCUT2D eigenvalue weighted by molar-refractivity contribution is 7.45. The Morgan fingerprint density at radius 3 is 1.37 bits per heavy atom. The summed E-state index contributed by atoms with van der Waals surface area (Å²) >= 11 is 0. The van der Waals surface area contributed by atoms with Gasteiger partial charge in [-0.1, -0.05) is 117 Å². The van der Waals surface area contributed by atoms with E-state index in [4.69, 9.17) is 18.5 Å². The van der Waals surface area contributed by atoms with Gasteiger partial charge in [-0.25, -0.2) is 0 Å². The van der Waals surface area contributed by atoms with Gasteiger partial charge in [-0.3, -0.25) is 14.2 Å². The maximum absolute atomic E-state index is 12.7. The number of nitrogens with zero attached hydrogens (tertiary/aromatic N) is 1. The van der Waals surface area contributed by atoms with Gasteiger partial charge in [0.15, 0.2) is 6.10 Å². The van der Waals surface area contributed by atoms with Crippen LogP contribution in [0, 0.1) is 23.7 Å². The van der Waals surface area contributed by atoms with Crippen molar-refractivity contribution in [2.75, 3.05) is 47.5 Å². The van der Waals surface area contributed by atoms with Crippen LogP contribution in [0.25, 0.3) is 0 Å². The lowest BCUT2D eigenvalue weighted by molar-refractivity contribution is -0.870. The van der Waals surface area contributed by atoms with E-state index in [9.17, 15) is 19.0 Å². The quantitative estimate of drug-likeness (QED) is 0.0203. The standard InChI is InChI=1S/C44H80NO8P/c1-6-8-10-12-14-16-18-20-22-24-26-28-30-32-34-36-43(46)50-40-42(41-52-54(48,49)51-39-38-45(3,4)5)53-44(47)37-35-33-31-29-27-25-23-21-19-17-15-13-11-9-7-2/h42H,6-9,14-41H2,1-5H3/t42-/m1/s1. The summed E-state index contributed by atoms with van der Waals surface area (Å²) in [6, 6.07) is 0. The number of quaternary nitrogens is 1. The van der Waals surface area contributed by atoms with Gasteiger partial charge in [0, 0.05) is 38.5 Å². The van der Waals surface area contributed by atoms with Crippen LogP contribution in [-0.4, -0.2) is 70.0 Å². The van der Waals surface area contributed by atoms with Crippen molar-refractivity contribution in [3.63, 3.8) is 0 Å². The number of esters is 2. The first-order valence-corrected chi connectivity index (χ1v) is 23.1. The van der Waals surface area contributed by atoms with Gasteiger partial charge in [-0.15, -0.1) is 23.7 Å². The molecule has 0 spiro atoms. The second-order valence-electron chi connectivity index (χ2n) is 15.7. The minimum absolute atomic E-state index is 0.0339. The van der Waals surface area contributed by atoms with E-state index >= 15 is 0 Å². The molecule has 2 atom stereocenters. The van der Waals surface area contributed by atoms with Crippen LogP contribution in [0.4, 0.5) is 0 Å². The van der Waals surface area contributed by atoms with Crippen molar-refractivity contribution >= 4 is 19.8 Å². The van der Waals surface area contributed by atoms with E-state index in [-0.39, 0.29) is 26.1 Å². The van der Waals surface area contributed by atoms with Crippen molar-refractivity contribution in [2.24, 2.45) is 0 Å². The fraction of sp³-hybridized carbons (Fsp3) is 0.864. The van der Waals surface area contributed by atoms with E-state index in [2.05, 4.69) is 37.5 Å². The smallest absolute Gasteiger partial charge is 0.306 e. The second-order valence-corrected chi connectivity index (χ2v) is 17.1. The van der Waals surface area contributed by atoms with Crippen LogP contribution >= 0.6 is 7.82 Å². The predicted molar refractivity (Wildman–Crippen MR) is 219 cm³/mol. The molecular formula is C44H80NO8P. The molecule has 9 nitrogen and oxygen atoms in total. The molecule has 0 aromatic rings. The van der Waals surface area contributed by atoms with E-state index in [0.717, 1.165) is 83.5 Å². The van der Waals surface area contributed by atoms with Crippen LogP contribution in [0.1, 0.15) is 194 Å². The van der Waals surface area contributed by atoms with Gasteiger partial charge >= 0.3 is 11.9 Å².